The number of hydrogen-bond acceptors (Lipinski definition) is 3. The number of anilines is 1. The first-order valence-electron chi connectivity index (χ1n) is 3.07. The number of thiol groups is 1. The normalized spacial score (nSPS) is 10.3. The lowest BCUT2D eigenvalue weighted by atomic mass is 10.2. The molecule has 0 aromatic heterocycles. The van der Waals surface area contributed by atoms with Gasteiger partial charge >= 0.3 is 0 Å². The lowest BCUT2D eigenvalue weighted by Crippen LogP contribution is -1.94. The number of rotatable bonds is 2. The minimum Gasteiger partial charge on any atom is -0.398 e. The van der Waals surface area contributed by atoms with Gasteiger partial charge in [0.15, 0.2) is 0 Å². The number of benzene rings is 1. The van der Waals surface area contributed by atoms with E-state index in [0.717, 1.165) is 0 Å². The molecular formula is C7H8NO2S. The molecule has 0 saturated carbocycles. The maximum Gasteiger partial charge on any atom is 0.144 e. The first kappa shape index (κ1) is 8.07. The van der Waals surface area contributed by atoms with Gasteiger partial charge in [-0.2, -0.15) is 0 Å². The molecule has 0 spiro atoms. The van der Waals surface area contributed by atoms with Crippen LogP contribution in [0.2, 0.25) is 0 Å². The molecule has 0 heterocycles. The quantitative estimate of drug-likeness (QED) is 0.491. The van der Waals surface area contributed by atoms with Gasteiger partial charge in [-0.3, -0.25) is 0 Å². The summed E-state index contributed by atoms with van der Waals surface area (Å²) in [6.07, 6.45) is 0. The molecule has 0 aliphatic heterocycles. The van der Waals surface area contributed by atoms with E-state index in [9.17, 15) is 8.42 Å². The Kier molecular flexibility index (Phi) is 2.48. The van der Waals surface area contributed by atoms with Crippen LogP contribution in [-0.2, 0) is 16.5 Å². The molecule has 1 radical (unpaired) electrons. The predicted octanol–water partition coefficient (Wildman–Crippen LogP) is 0.180. The van der Waals surface area contributed by atoms with Crippen LogP contribution in [0.3, 0.4) is 0 Å². The molecule has 11 heavy (non-hydrogen) atoms. The van der Waals surface area contributed by atoms with Crippen LogP contribution < -0.4 is 5.73 Å². The highest BCUT2D eigenvalue weighted by molar-refractivity contribution is 7.71. The lowest BCUT2D eigenvalue weighted by molar-refractivity contribution is 0.614. The zero-order valence-corrected chi connectivity index (χ0v) is 6.67. The molecule has 0 unspecified atom stereocenters. The van der Waals surface area contributed by atoms with Gasteiger partial charge in [0.2, 0.25) is 0 Å². The highest BCUT2D eigenvalue weighted by atomic mass is 32.2. The molecule has 0 bridgehead atoms. The third-order valence-corrected chi connectivity index (χ3v) is 1.84. The molecule has 0 aliphatic carbocycles. The fourth-order valence-corrected chi connectivity index (χ4v) is 1.28. The van der Waals surface area contributed by atoms with E-state index in [1.807, 2.05) is 0 Å². The van der Waals surface area contributed by atoms with Crippen LogP contribution in [0.1, 0.15) is 5.56 Å². The van der Waals surface area contributed by atoms with E-state index in [4.69, 9.17) is 5.73 Å². The summed E-state index contributed by atoms with van der Waals surface area (Å²) in [7, 11) is -2.40. The van der Waals surface area contributed by atoms with Gasteiger partial charge in [0.1, 0.15) is 10.7 Å². The summed E-state index contributed by atoms with van der Waals surface area (Å²) in [5.74, 6) is -0.0258. The third-order valence-electron chi connectivity index (χ3n) is 1.27. The Balaban J connectivity index is 2.94. The summed E-state index contributed by atoms with van der Waals surface area (Å²) in [6.45, 7) is 0. The van der Waals surface area contributed by atoms with Crippen LogP contribution in [0.25, 0.3) is 0 Å². The van der Waals surface area contributed by atoms with Crippen molar-refractivity contribution in [3.8, 4) is 0 Å². The summed E-state index contributed by atoms with van der Waals surface area (Å²) in [5.41, 5.74) is 6.49. The number of nitrogens with two attached hydrogens (primary N) is 1. The largest absolute Gasteiger partial charge is 0.398 e. The Morgan fingerprint density at radius 2 is 2.27 bits per heavy atom. The van der Waals surface area contributed by atoms with Crippen LogP contribution in [0.5, 0.6) is 0 Å². The lowest BCUT2D eigenvalue weighted by Gasteiger charge is -1.97. The molecule has 0 saturated heterocycles. The minimum absolute atomic E-state index is 0.0258. The topological polar surface area (TPSA) is 60.2 Å². The first-order chi connectivity index (χ1) is 5.20. The monoisotopic (exact) mass is 170 g/mol. The Morgan fingerprint density at radius 1 is 1.55 bits per heavy atom. The molecule has 0 amide bonds. The second-order valence-corrected chi connectivity index (χ2v) is 3.08. The van der Waals surface area contributed by atoms with Gasteiger partial charge in [0.05, 0.1) is 5.75 Å². The van der Waals surface area contributed by atoms with E-state index in [-0.39, 0.29) is 5.75 Å². The van der Waals surface area contributed by atoms with Crippen LogP contribution in [0.15, 0.2) is 18.2 Å². The van der Waals surface area contributed by atoms with Crippen LogP contribution in [-0.4, -0.2) is 8.42 Å². The average Bonchev–Trinajstić information content (AvgIpc) is 1.93. The summed E-state index contributed by atoms with van der Waals surface area (Å²) in [6, 6.07) is 7.78. The van der Waals surface area contributed by atoms with Gasteiger partial charge in [0.25, 0.3) is 0 Å². The first-order valence-corrected chi connectivity index (χ1v) is 4.43. The van der Waals surface area contributed by atoms with Gasteiger partial charge in [-0.05, 0) is 17.7 Å². The van der Waals surface area contributed by atoms with Crippen molar-refractivity contribution >= 4 is 16.4 Å². The van der Waals surface area contributed by atoms with E-state index >= 15 is 0 Å². The average molecular weight is 170 g/mol. The maximum absolute atomic E-state index is 10.3. The van der Waals surface area contributed by atoms with Crippen molar-refractivity contribution in [3.63, 3.8) is 0 Å². The zero-order valence-electron chi connectivity index (χ0n) is 5.78. The van der Waals surface area contributed by atoms with Gasteiger partial charge < -0.3 is 5.73 Å². The Labute approximate surface area is 66.8 Å². The molecular weight excluding hydrogens is 162 g/mol. The standard InChI is InChI=1S/C7H8NO2S/c8-7-4-2-1-3-6(7)5-11(9)10/h1-2,4,11H,5,8H2. The molecule has 3 nitrogen and oxygen atoms in total. The fourth-order valence-electron chi connectivity index (χ4n) is 0.750. The van der Waals surface area contributed by atoms with E-state index in [2.05, 4.69) is 6.07 Å². The van der Waals surface area contributed by atoms with Gasteiger partial charge in [-0.1, -0.05) is 12.1 Å². The second kappa shape index (κ2) is 3.39. The van der Waals surface area contributed by atoms with Gasteiger partial charge in [-0.25, -0.2) is 8.42 Å². The van der Waals surface area contributed by atoms with E-state index < -0.39 is 10.7 Å². The summed E-state index contributed by atoms with van der Waals surface area (Å²) in [5, 5.41) is 0. The van der Waals surface area contributed by atoms with Crippen molar-refractivity contribution in [2.75, 3.05) is 5.73 Å². The Hall–Kier alpha value is -1.03. The molecule has 0 aliphatic rings. The Morgan fingerprint density at radius 3 is 2.82 bits per heavy atom. The third kappa shape index (κ3) is 2.23. The fraction of sp³-hybridized carbons (Fsp3) is 0.143. The molecule has 1 aromatic carbocycles. The zero-order chi connectivity index (χ0) is 8.27. The van der Waals surface area contributed by atoms with Crippen LogP contribution >= 0.6 is 0 Å². The second-order valence-electron chi connectivity index (χ2n) is 2.09. The summed E-state index contributed by atoms with van der Waals surface area (Å²) >= 11 is 0. The minimum atomic E-state index is -2.40. The molecule has 0 fully saturated rings. The van der Waals surface area contributed by atoms with Crippen molar-refractivity contribution in [2.24, 2.45) is 0 Å². The smallest absolute Gasteiger partial charge is 0.144 e. The van der Waals surface area contributed by atoms with E-state index in [0.29, 0.717) is 11.3 Å². The van der Waals surface area contributed by atoms with Crippen LogP contribution in [0, 0.1) is 6.07 Å². The van der Waals surface area contributed by atoms with E-state index in [1.165, 1.54) is 0 Å². The van der Waals surface area contributed by atoms with Crippen molar-refractivity contribution in [1.29, 1.82) is 0 Å². The van der Waals surface area contributed by atoms with Crippen LogP contribution in [0.4, 0.5) is 5.69 Å². The predicted molar refractivity (Wildman–Crippen MR) is 43.7 cm³/mol. The highest BCUT2D eigenvalue weighted by Crippen LogP contribution is 2.09. The van der Waals surface area contributed by atoms with Crippen molar-refractivity contribution < 1.29 is 8.42 Å². The molecule has 1 rings (SSSR count). The Bertz CT molecular complexity index is 312. The van der Waals surface area contributed by atoms with Crippen molar-refractivity contribution in [2.45, 2.75) is 5.75 Å². The molecule has 0 atom stereocenters. The molecule has 1 aromatic rings. The molecule has 59 valence electrons. The number of nitrogen functional groups attached to an aromatic ring is 1. The highest BCUT2D eigenvalue weighted by Gasteiger charge is 1.97. The van der Waals surface area contributed by atoms with Gasteiger partial charge in [-0.15, -0.1) is 0 Å². The van der Waals surface area contributed by atoms with E-state index in [1.54, 1.807) is 18.2 Å². The SMILES string of the molecule is Nc1ccc[c]c1C[SH](=O)=O. The molecule has 2 N–H and O–H groups in total. The summed E-state index contributed by atoms with van der Waals surface area (Å²) in [4.78, 5) is 0. The number of hydrogen-bond donors (Lipinski definition) is 2. The van der Waals surface area contributed by atoms with Crippen molar-refractivity contribution in [3.05, 3.63) is 29.8 Å². The summed E-state index contributed by atoms with van der Waals surface area (Å²) < 4.78 is 20.6. The molecule has 4 heteroatoms. The van der Waals surface area contributed by atoms with Crippen molar-refractivity contribution in [1.82, 2.24) is 0 Å². The van der Waals surface area contributed by atoms with Gasteiger partial charge in [0, 0.05) is 5.69 Å². The maximum atomic E-state index is 10.3.